The number of aliphatic hydroxyl groups excluding tert-OH is 5. The van der Waals surface area contributed by atoms with Crippen molar-refractivity contribution >= 4 is 0 Å². The fourth-order valence-electron chi connectivity index (χ4n) is 1.93. The summed E-state index contributed by atoms with van der Waals surface area (Å²) in [5, 5.41) is 46.9. The first kappa shape index (κ1) is 13.8. The second-order valence-corrected chi connectivity index (χ2v) is 4.84. The molecule has 0 saturated carbocycles. The van der Waals surface area contributed by atoms with E-state index >= 15 is 0 Å². The number of hydrogen-bond donors (Lipinski definition) is 5. The van der Waals surface area contributed by atoms with Gasteiger partial charge in [0.1, 0.15) is 24.4 Å². The van der Waals surface area contributed by atoms with Crippen LogP contribution >= 0.6 is 0 Å². The van der Waals surface area contributed by atoms with Crippen molar-refractivity contribution < 1.29 is 30.3 Å². The highest BCUT2D eigenvalue weighted by Gasteiger charge is 2.45. The number of rotatable bonds is 3. The van der Waals surface area contributed by atoms with Crippen LogP contribution in [0.5, 0.6) is 0 Å². The smallest absolute Gasteiger partial charge is 0.115 e. The average Bonchev–Trinajstić information content (AvgIpc) is 2.20. The second-order valence-electron chi connectivity index (χ2n) is 4.84. The Morgan fingerprint density at radius 3 is 2.38 bits per heavy atom. The van der Waals surface area contributed by atoms with E-state index in [0.717, 1.165) is 0 Å². The van der Waals surface area contributed by atoms with Crippen LogP contribution in [0.15, 0.2) is 0 Å². The Kier molecular flexibility index (Phi) is 4.28. The SMILES string of the molecule is CC1(C)CC(O)C(O)C(C(O)C(O)CO)O1. The molecule has 1 heterocycles. The minimum absolute atomic E-state index is 0.243. The molecule has 0 aromatic rings. The van der Waals surface area contributed by atoms with Crippen molar-refractivity contribution in [3.8, 4) is 0 Å². The number of ether oxygens (including phenoxy) is 1. The number of hydrogen-bond acceptors (Lipinski definition) is 6. The molecule has 16 heavy (non-hydrogen) atoms. The Morgan fingerprint density at radius 1 is 1.31 bits per heavy atom. The first-order valence-electron chi connectivity index (χ1n) is 5.29. The Bertz CT molecular complexity index is 231. The summed E-state index contributed by atoms with van der Waals surface area (Å²) in [6.45, 7) is 2.80. The van der Waals surface area contributed by atoms with Crippen LogP contribution < -0.4 is 0 Å². The molecule has 1 aliphatic heterocycles. The van der Waals surface area contributed by atoms with E-state index in [-0.39, 0.29) is 6.42 Å². The van der Waals surface area contributed by atoms with Gasteiger partial charge in [-0.25, -0.2) is 0 Å². The molecule has 0 aromatic carbocycles. The summed E-state index contributed by atoms with van der Waals surface area (Å²) < 4.78 is 5.41. The highest BCUT2D eigenvalue weighted by atomic mass is 16.5. The van der Waals surface area contributed by atoms with Gasteiger partial charge >= 0.3 is 0 Å². The molecule has 5 atom stereocenters. The van der Waals surface area contributed by atoms with Gasteiger partial charge in [-0.05, 0) is 13.8 Å². The summed E-state index contributed by atoms with van der Waals surface area (Å²) in [6.07, 6.45) is -6.00. The molecule has 1 aliphatic rings. The Labute approximate surface area is 94.1 Å². The molecule has 1 rings (SSSR count). The predicted octanol–water partition coefficient (Wildman–Crippen LogP) is -2.01. The quantitative estimate of drug-likeness (QED) is 0.387. The zero-order chi connectivity index (χ0) is 12.5. The largest absolute Gasteiger partial charge is 0.394 e. The van der Waals surface area contributed by atoms with Crippen molar-refractivity contribution in [2.75, 3.05) is 6.61 Å². The van der Waals surface area contributed by atoms with Crippen molar-refractivity contribution in [2.45, 2.75) is 56.4 Å². The number of aliphatic hydroxyl groups is 5. The lowest BCUT2D eigenvalue weighted by atomic mass is 9.87. The minimum Gasteiger partial charge on any atom is -0.394 e. The standard InChI is InChI=1S/C10H20O6/c1-10(2)3-5(12)7(14)9(16-10)8(15)6(13)4-11/h5-9,11-15H,3-4H2,1-2H3. The first-order valence-corrected chi connectivity index (χ1v) is 5.29. The maximum absolute atomic E-state index is 9.66. The van der Waals surface area contributed by atoms with E-state index in [1.165, 1.54) is 0 Å². The van der Waals surface area contributed by atoms with Gasteiger partial charge in [-0.1, -0.05) is 0 Å². The van der Waals surface area contributed by atoms with Crippen molar-refractivity contribution in [3.63, 3.8) is 0 Å². The van der Waals surface area contributed by atoms with Gasteiger partial charge in [-0.15, -0.1) is 0 Å². The van der Waals surface area contributed by atoms with E-state index < -0.39 is 42.7 Å². The topological polar surface area (TPSA) is 110 Å². The fraction of sp³-hybridized carbons (Fsp3) is 1.00. The van der Waals surface area contributed by atoms with E-state index in [2.05, 4.69) is 0 Å². The molecule has 6 heteroatoms. The summed E-state index contributed by atoms with van der Waals surface area (Å²) in [4.78, 5) is 0. The summed E-state index contributed by atoms with van der Waals surface area (Å²) in [5.41, 5.74) is -0.695. The lowest BCUT2D eigenvalue weighted by Crippen LogP contribution is -2.59. The van der Waals surface area contributed by atoms with Gasteiger partial charge in [0.05, 0.1) is 18.3 Å². The van der Waals surface area contributed by atoms with E-state index in [1.54, 1.807) is 13.8 Å². The molecule has 1 fully saturated rings. The van der Waals surface area contributed by atoms with E-state index in [0.29, 0.717) is 0 Å². The van der Waals surface area contributed by atoms with Crippen LogP contribution in [0.2, 0.25) is 0 Å². The molecule has 0 amide bonds. The molecule has 5 unspecified atom stereocenters. The zero-order valence-electron chi connectivity index (χ0n) is 9.45. The van der Waals surface area contributed by atoms with Crippen LogP contribution in [0, 0.1) is 0 Å². The minimum atomic E-state index is -1.44. The van der Waals surface area contributed by atoms with Crippen molar-refractivity contribution in [2.24, 2.45) is 0 Å². The Morgan fingerprint density at radius 2 is 1.88 bits per heavy atom. The van der Waals surface area contributed by atoms with E-state index in [9.17, 15) is 20.4 Å². The lowest BCUT2D eigenvalue weighted by Gasteiger charge is -2.44. The van der Waals surface area contributed by atoms with Crippen LogP contribution in [0.1, 0.15) is 20.3 Å². The molecule has 96 valence electrons. The summed E-state index contributed by atoms with van der Waals surface area (Å²) in [6, 6.07) is 0. The third-order valence-electron chi connectivity index (χ3n) is 2.80. The van der Waals surface area contributed by atoms with Crippen LogP contribution in [0.4, 0.5) is 0 Å². The average molecular weight is 236 g/mol. The van der Waals surface area contributed by atoms with Gasteiger partial charge in [-0.2, -0.15) is 0 Å². The first-order chi connectivity index (χ1) is 7.28. The Balaban J connectivity index is 2.77. The van der Waals surface area contributed by atoms with Gasteiger partial charge in [0.25, 0.3) is 0 Å². The predicted molar refractivity (Wildman–Crippen MR) is 54.7 cm³/mol. The van der Waals surface area contributed by atoms with Gasteiger partial charge in [0, 0.05) is 6.42 Å². The highest BCUT2D eigenvalue weighted by molar-refractivity contribution is 4.94. The Hall–Kier alpha value is -0.240. The maximum Gasteiger partial charge on any atom is 0.115 e. The van der Waals surface area contributed by atoms with Gasteiger partial charge in [-0.3, -0.25) is 0 Å². The third-order valence-corrected chi connectivity index (χ3v) is 2.80. The van der Waals surface area contributed by atoms with Gasteiger partial charge < -0.3 is 30.3 Å². The van der Waals surface area contributed by atoms with Crippen molar-refractivity contribution in [1.29, 1.82) is 0 Å². The molecule has 1 saturated heterocycles. The van der Waals surface area contributed by atoms with Crippen molar-refractivity contribution in [3.05, 3.63) is 0 Å². The van der Waals surface area contributed by atoms with E-state index in [4.69, 9.17) is 9.84 Å². The molecule has 6 nitrogen and oxygen atoms in total. The molecule has 5 N–H and O–H groups in total. The van der Waals surface area contributed by atoms with Crippen LogP contribution in [0.3, 0.4) is 0 Å². The third kappa shape index (κ3) is 2.91. The van der Waals surface area contributed by atoms with Crippen LogP contribution in [-0.4, -0.2) is 68.3 Å². The zero-order valence-corrected chi connectivity index (χ0v) is 9.45. The highest BCUT2D eigenvalue weighted by Crippen LogP contribution is 2.30. The monoisotopic (exact) mass is 236 g/mol. The second kappa shape index (κ2) is 4.95. The van der Waals surface area contributed by atoms with E-state index in [1.807, 2.05) is 0 Å². The summed E-state index contributed by atoms with van der Waals surface area (Å²) in [7, 11) is 0. The molecule has 0 aromatic heterocycles. The lowest BCUT2D eigenvalue weighted by molar-refractivity contribution is -0.241. The maximum atomic E-state index is 9.66. The summed E-state index contributed by atoms with van der Waals surface area (Å²) in [5.74, 6) is 0. The summed E-state index contributed by atoms with van der Waals surface area (Å²) >= 11 is 0. The normalized spacial score (nSPS) is 38.1. The molecule has 0 aliphatic carbocycles. The molecule has 0 radical (unpaired) electrons. The van der Waals surface area contributed by atoms with Crippen LogP contribution in [0.25, 0.3) is 0 Å². The van der Waals surface area contributed by atoms with Gasteiger partial charge in [0.15, 0.2) is 0 Å². The molecular weight excluding hydrogens is 216 g/mol. The molecule has 0 bridgehead atoms. The fourth-order valence-corrected chi connectivity index (χ4v) is 1.93. The molecular formula is C10H20O6. The van der Waals surface area contributed by atoms with Crippen LogP contribution in [-0.2, 0) is 4.74 Å². The van der Waals surface area contributed by atoms with Crippen molar-refractivity contribution in [1.82, 2.24) is 0 Å². The molecule has 0 spiro atoms. The van der Waals surface area contributed by atoms with Gasteiger partial charge in [0.2, 0.25) is 0 Å².